The van der Waals surface area contributed by atoms with Crippen LogP contribution in [0.25, 0.3) is 0 Å². The highest BCUT2D eigenvalue weighted by molar-refractivity contribution is 6.30. The van der Waals surface area contributed by atoms with Crippen LogP contribution in [0.1, 0.15) is 29.9 Å². The Bertz CT molecular complexity index is 624. The summed E-state index contributed by atoms with van der Waals surface area (Å²) in [5, 5.41) is 3.70. The third-order valence-corrected chi connectivity index (χ3v) is 3.76. The highest BCUT2D eigenvalue weighted by atomic mass is 35.5. The molecule has 0 spiro atoms. The van der Waals surface area contributed by atoms with Gasteiger partial charge in [0.25, 0.3) is 0 Å². The van der Waals surface area contributed by atoms with E-state index in [9.17, 15) is 4.79 Å². The fourth-order valence-electron chi connectivity index (χ4n) is 2.63. The highest BCUT2D eigenvalue weighted by Gasteiger charge is 2.23. The Morgan fingerprint density at radius 3 is 2.79 bits per heavy atom. The van der Waals surface area contributed by atoms with Crippen LogP contribution in [0.2, 0.25) is 5.02 Å². The topological polar surface area (TPSA) is 29.1 Å². The Labute approximate surface area is 117 Å². The summed E-state index contributed by atoms with van der Waals surface area (Å²) in [6, 6.07) is 15.9. The van der Waals surface area contributed by atoms with Crippen molar-refractivity contribution in [2.75, 3.05) is 5.32 Å². The van der Waals surface area contributed by atoms with Gasteiger partial charge in [0.2, 0.25) is 5.91 Å². The first-order valence-electron chi connectivity index (χ1n) is 6.38. The highest BCUT2D eigenvalue weighted by Crippen LogP contribution is 2.36. The van der Waals surface area contributed by atoms with E-state index in [0.717, 1.165) is 28.3 Å². The van der Waals surface area contributed by atoms with E-state index >= 15 is 0 Å². The second-order valence-corrected chi connectivity index (χ2v) is 5.22. The second kappa shape index (κ2) is 5.06. The number of anilines is 1. The lowest BCUT2D eigenvalue weighted by molar-refractivity contribution is -0.116. The van der Waals surface area contributed by atoms with E-state index in [4.69, 9.17) is 11.6 Å². The molecule has 0 saturated heterocycles. The number of nitrogens with one attached hydrogen (secondary N) is 1. The van der Waals surface area contributed by atoms with Crippen LogP contribution in [0, 0.1) is 0 Å². The van der Waals surface area contributed by atoms with Crippen molar-refractivity contribution in [2.45, 2.75) is 18.8 Å². The van der Waals surface area contributed by atoms with E-state index in [2.05, 4.69) is 17.4 Å². The summed E-state index contributed by atoms with van der Waals surface area (Å²) in [5.41, 5.74) is 3.24. The van der Waals surface area contributed by atoms with E-state index < -0.39 is 0 Å². The van der Waals surface area contributed by atoms with E-state index in [1.165, 1.54) is 0 Å². The molecule has 3 rings (SSSR count). The van der Waals surface area contributed by atoms with Gasteiger partial charge in [-0.2, -0.15) is 0 Å². The lowest BCUT2D eigenvalue weighted by Crippen LogP contribution is -2.08. The molecule has 2 aromatic rings. The molecule has 0 aliphatic carbocycles. The number of fused-ring (bicyclic) bond motifs is 1. The van der Waals surface area contributed by atoms with Gasteiger partial charge in [-0.3, -0.25) is 4.79 Å². The van der Waals surface area contributed by atoms with Gasteiger partial charge in [-0.1, -0.05) is 41.9 Å². The number of hydrogen-bond acceptors (Lipinski definition) is 1. The number of hydrogen-bond donors (Lipinski definition) is 1. The molecule has 1 heterocycles. The molecular formula is C16H14ClNO. The zero-order valence-corrected chi connectivity index (χ0v) is 11.2. The Morgan fingerprint density at radius 2 is 1.95 bits per heavy atom. The summed E-state index contributed by atoms with van der Waals surface area (Å²) in [4.78, 5) is 11.8. The van der Waals surface area contributed by atoms with Gasteiger partial charge in [-0.25, -0.2) is 0 Å². The van der Waals surface area contributed by atoms with Gasteiger partial charge in [-0.05, 0) is 35.7 Å². The van der Waals surface area contributed by atoms with Crippen molar-refractivity contribution < 1.29 is 4.79 Å². The van der Waals surface area contributed by atoms with Crippen LogP contribution in [-0.4, -0.2) is 5.91 Å². The van der Waals surface area contributed by atoms with E-state index in [1.54, 1.807) is 0 Å². The third kappa shape index (κ3) is 2.49. The first-order chi connectivity index (χ1) is 9.24. The largest absolute Gasteiger partial charge is 0.326 e. The van der Waals surface area contributed by atoms with Crippen LogP contribution in [0.3, 0.4) is 0 Å². The number of benzene rings is 2. The quantitative estimate of drug-likeness (QED) is 0.827. The number of carbonyl (C=O) groups excluding carboxylic acids is 1. The number of amides is 1. The minimum absolute atomic E-state index is 0.0805. The van der Waals surface area contributed by atoms with Gasteiger partial charge in [-0.15, -0.1) is 0 Å². The van der Waals surface area contributed by atoms with Gasteiger partial charge in [0.15, 0.2) is 0 Å². The Hall–Kier alpha value is -1.80. The molecule has 1 amide bonds. The third-order valence-electron chi connectivity index (χ3n) is 3.52. The zero-order valence-electron chi connectivity index (χ0n) is 10.4. The van der Waals surface area contributed by atoms with Crippen LogP contribution in [0.15, 0.2) is 48.5 Å². The average molecular weight is 272 g/mol. The smallest absolute Gasteiger partial charge is 0.224 e. The molecule has 0 fully saturated rings. The van der Waals surface area contributed by atoms with Crippen LogP contribution in [0.4, 0.5) is 5.69 Å². The van der Waals surface area contributed by atoms with Crippen LogP contribution < -0.4 is 5.32 Å². The molecule has 1 aliphatic rings. The predicted octanol–water partition coefficient (Wildman–Crippen LogP) is 4.20. The molecule has 2 aromatic carbocycles. The van der Waals surface area contributed by atoms with Crippen molar-refractivity contribution in [3.8, 4) is 0 Å². The fourth-order valence-corrected chi connectivity index (χ4v) is 2.83. The first-order valence-corrected chi connectivity index (χ1v) is 6.76. The Kier molecular flexibility index (Phi) is 3.26. The maximum absolute atomic E-state index is 11.8. The molecule has 1 aliphatic heterocycles. The van der Waals surface area contributed by atoms with Crippen molar-refractivity contribution in [1.82, 2.24) is 0 Å². The summed E-state index contributed by atoms with van der Waals surface area (Å²) >= 11 is 6.08. The molecule has 96 valence electrons. The summed E-state index contributed by atoms with van der Waals surface area (Å²) in [6.07, 6.45) is 1.34. The van der Waals surface area contributed by atoms with Crippen molar-refractivity contribution in [2.24, 2.45) is 0 Å². The van der Waals surface area contributed by atoms with Gasteiger partial charge in [0, 0.05) is 23.0 Å². The SMILES string of the molecule is O=C1CC[C@@H](c2cccc(Cl)c2)c2ccccc2N1. The maximum atomic E-state index is 11.8. The first kappa shape index (κ1) is 12.2. The van der Waals surface area contributed by atoms with Crippen LogP contribution in [-0.2, 0) is 4.79 Å². The minimum atomic E-state index is 0.0805. The van der Waals surface area contributed by atoms with E-state index in [0.29, 0.717) is 6.42 Å². The molecule has 3 heteroatoms. The van der Waals surface area contributed by atoms with Gasteiger partial charge >= 0.3 is 0 Å². The summed E-state index contributed by atoms with van der Waals surface area (Å²) in [5.74, 6) is 0.297. The van der Waals surface area contributed by atoms with Gasteiger partial charge in [0.1, 0.15) is 0 Å². The molecule has 2 nitrogen and oxygen atoms in total. The molecule has 0 bridgehead atoms. The fraction of sp³-hybridized carbons (Fsp3) is 0.188. The zero-order chi connectivity index (χ0) is 13.2. The minimum Gasteiger partial charge on any atom is -0.326 e. The van der Waals surface area contributed by atoms with Crippen molar-refractivity contribution in [3.63, 3.8) is 0 Å². The lowest BCUT2D eigenvalue weighted by atomic mass is 9.87. The van der Waals surface area contributed by atoms with Crippen LogP contribution >= 0.6 is 11.6 Å². The van der Waals surface area contributed by atoms with Gasteiger partial charge < -0.3 is 5.32 Å². The summed E-state index contributed by atoms with van der Waals surface area (Å²) < 4.78 is 0. The molecule has 0 saturated carbocycles. The standard InChI is InChI=1S/C16H14ClNO/c17-12-5-3-4-11(10-12)13-8-9-16(19)18-15-7-2-1-6-14(13)15/h1-7,10,13H,8-9H2,(H,18,19)/t13-/m0/s1. The number of para-hydroxylation sites is 1. The van der Waals surface area contributed by atoms with Crippen molar-refractivity contribution >= 4 is 23.2 Å². The molecule has 0 aromatic heterocycles. The molecule has 1 atom stereocenters. The Morgan fingerprint density at radius 1 is 1.11 bits per heavy atom. The number of rotatable bonds is 1. The molecule has 0 radical (unpaired) electrons. The molecule has 0 unspecified atom stereocenters. The monoisotopic (exact) mass is 271 g/mol. The van der Waals surface area contributed by atoms with Crippen molar-refractivity contribution in [3.05, 3.63) is 64.7 Å². The predicted molar refractivity (Wildman–Crippen MR) is 77.6 cm³/mol. The van der Waals surface area contributed by atoms with Gasteiger partial charge in [0.05, 0.1) is 0 Å². The van der Waals surface area contributed by atoms with Crippen LogP contribution in [0.5, 0.6) is 0 Å². The maximum Gasteiger partial charge on any atom is 0.224 e. The number of carbonyl (C=O) groups is 1. The normalized spacial score (nSPS) is 18.4. The summed E-state index contributed by atoms with van der Waals surface area (Å²) in [7, 11) is 0. The second-order valence-electron chi connectivity index (χ2n) is 4.78. The Balaban J connectivity index is 2.09. The van der Waals surface area contributed by atoms with E-state index in [1.807, 2.05) is 36.4 Å². The van der Waals surface area contributed by atoms with Crippen molar-refractivity contribution in [1.29, 1.82) is 0 Å². The number of halogens is 1. The summed E-state index contributed by atoms with van der Waals surface area (Å²) in [6.45, 7) is 0. The molecule has 19 heavy (non-hydrogen) atoms. The van der Waals surface area contributed by atoms with E-state index in [-0.39, 0.29) is 11.8 Å². The molecule has 1 N–H and O–H groups in total. The lowest BCUT2D eigenvalue weighted by Gasteiger charge is -2.17. The average Bonchev–Trinajstić information content (AvgIpc) is 2.57. The molecular weight excluding hydrogens is 258 g/mol.